The van der Waals surface area contributed by atoms with E-state index in [0.717, 1.165) is 5.57 Å². The van der Waals surface area contributed by atoms with E-state index < -0.39 is 0 Å². The number of nitrogen functional groups attached to an aromatic ring is 1. The van der Waals surface area contributed by atoms with E-state index >= 15 is 0 Å². The first-order valence-electron chi connectivity index (χ1n) is 5.38. The van der Waals surface area contributed by atoms with E-state index in [2.05, 4.69) is 0 Å². The number of ether oxygens (including phenoxy) is 1. The highest BCUT2D eigenvalue weighted by atomic mass is 16.5. The Morgan fingerprint density at radius 1 is 1.31 bits per heavy atom. The summed E-state index contributed by atoms with van der Waals surface area (Å²) in [6.07, 6.45) is 0.648. The topological polar surface area (TPSA) is 55.5 Å². The Balaban J connectivity index is 2.63. The summed E-state index contributed by atoms with van der Waals surface area (Å²) in [6, 6.07) is 7.41. The largest absolute Gasteiger partial charge is 0.487 e. The Hall–Kier alpha value is -1.48. The summed E-state index contributed by atoms with van der Waals surface area (Å²) in [4.78, 5) is 0. The van der Waals surface area contributed by atoms with E-state index in [-0.39, 0.29) is 6.61 Å². The lowest BCUT2D eigenvalue weighted by Crippen LogP contribution is -2.06. The molecule has 3 heteroatoms. The Labute approximate surface area is 96.5 Å². The Morgan fingerprint density at radius 2 is 2.00 bits per heavy atom. The third-order valence-corrected chi connectivity index (χ3v) is 2.44. The molecule has 1 rings (SSSR count). The van der Waals surface area contributed by atoms with E-state index in [4.69, 9.17) is 15.6 Å². The molecule has 0 aromatic heterocycles. The lowest BCUT2D eigenvalue weighted by Gasteiger charge is -2.12. The predicted octanol–water partition coefficient (Wildman–Crippen LogP) is 2.37. The van der Waals surface area contributed by atoms with Crippen LogP contribution >= 0.6 is 0 Å². The van der Waals surface area contributed by atoms with Gasteiger partial charge in [-0.25, -0.2) is 0 Å². The second kappa shape index (κ2) is 6.18. The Bertz CT molecular complexity index is 368. The maximum Gasteiger partial charge on any atom is 0.142 e. The summed E-state index contributed by atoms with van der Waals surface area (Å²) < 4.78 is 5.62. The average Bonchev–Trinajstić information content (AvgIpc) is 2.26. The van der Waals surface area contributed by atoms with Crippen LogP contribution in [0.15, 0.2) is 35.4 Å². The number of hydrogen-bond acceptors (Lipinski definition) is 3. The summed E-state index contributed by atoms with van der Waals surface area (Å²) >= 11 is 0. The van der Waals surface area contributed by atoms with Crippen LogP contribution < -0.4 is 10.5 Å². The van der Waals surface area contributed by atoms with Crippen LogP contribution in [0, 0.1) is 0 Å². The second-order valence-corrected chi connectivity index (χ2v) is 3.90. The van der Waals surface area contributed by atoms with Gasteiger partial charge in [-0.15, -0.1) is 0 Å². The van der Waals surface area contributed by atoms with Crippen molar-refractivity contribution >= 4 is 5.69 Å². The van der Waals surface area contributed by atoms with Crippen molar-refractivity contribution < 1.29 is 9.84 Å². The van der Waals surface area contributed by atoms with Crippen LogP contribution in [0.4, 0.5) is 5.69 Å². The van der Waals surface area contributed by atoms with Gasteiger partial charge in [-0.3, -0.25) is 0 Å². The number of aliphatic hydroxyl groups excluding tert-OH is 1. The number of rotatable bonds is 5. The molecule has 0 saturated heterocycles. The highest BCUT2D eigenvalue weighted by Gasteiger charge is 2.03. The number of benzene rings is 1. The molecule has 1 aromatic carbocycles. The van der Waals surface area contributed by atoms with E-state index in [0.29, 0.717) is 24.5 Å². The van der Waals surface area contributed by atoms with Gasteiger partial charge in [-0.1, -0.05) is 17.7 Å². The first kappa shape index (κ1) is 12.6. The van der Waals surface area contributed by atoms with Crippen molar-refractivity contribution in [2.45, 2.75) is 20.3 Å². The number of para-hydroxylation sites is 2. The van der Waals surface area contributed by atoms with Crippen molar-refractivity contribution in [3.8, 4) is 5.75 Å². The maximum atomic E-state index is 8.92. The zero-order valence-corrected chi connectivity index (χ0v) is 9.86. The highest BCUT2D eigenvalue weighted by Crippen LogP contribution is 2.21. The van der Waals surface area contributed by atoms with Crippen LogP contribution in [-0.2, 0) is 0 Å². The third-order valence-electron chi connectivity index (χ3n) is 2.44. The van der Waals surface area contributed by atoms with Crippen LogP contribution in [0.1, 0.15) is 20.3 Å². The van der Waals surface area contributed by atoms with Gasteiger partial charge in [-0.2, -0.15) is 0 Å². The van der Waals surface area contributed by atoms with Crippen LogP contribution in [-0.4, -0.2) is 18.3 Å². The van der Waals surface area contributed by atoms with Crippen molar-refractivity contribution in [2.24, 2.45) is 0 Å². The lowest BCUT2D eigenvalue weighted by molar-refractivity contribution is 0.284. The Morgan fingerprint density at radius 3 is 2.56 bits per heavy atom. The molecule has 0 unspecified atom stereocenters. The molecule has 88 valence electrons. The third kappa shape index (κ3) is 3.59. The summed E-state index contributed by atoms with van der Waals surface area (Å²) in [6.45, 7) is 4.66. The fourth-order valence-corrected chi connectivity index (χ4v) is 1.38. The van der Waals surface area contributed by atoms with Gasteiger partial charge >= 0.3 is 0 Å². The van der Waals surface area contributed by atoms with Crippen LogP contribution in [0.3, 0.4) is 0 Å². The van der Waals surface area contributed by atoms with Gasteiger partial charge in [0, 0.05) is 6.61 Å². The monoisotopic (exact) mass is 221 g/mol. The molecular formula is C13H19NO2. The van der Waals surface area contributed by atoms with Gasteiger partial charge in [0.15, 0.2) is 0 Å². The molecule has 0 radical (unpaired) electrons. The standard InChI is InChI=1S/C13H19NO2/c1-10(2)11(7-8-15)9-16-13-6-4-3-5-12(13)14/h3-6,15H,7-9,14H2,1-2H3. The molecule has 0 spiro atoms. The Kier molecular flexibility index (Phi) is 4.86. The van der Waals surface area contributed by atoms with Crippen LogP contribution in [0.25, 0.3) is 0 Å². The molecule has 3 N–H and O–H groups in total. The number of allylic oxidation sites excluding steroid dienone is 1. The second-order valence-electron chi connectivity index (χ2n) is 3.90. The van der Waals surface area contributed by atoms with Crippen LogP contribution in [0.5, 0.6) is 5.75 Å². The molecule has 0 bridgehead atoms. The van der Waals surface area contributed by atoms with E-state index in [1.165, 1.54) is 5.57 Å². The molecule has 0 fully saturated rings. The molecule has 0 aliphatic heterocycles. The number of hydrogen-bond donors (Lipinski definition) is 2. The minimum Gasteiger partial charge on any atom is -0.487 e. The van der Waals surface area contributed by atoms with Crippen LogP contribution in [0.2, 0.25) is 0 Å². The first-order chi connectivity index (χ1) is 7.65. The van der Waals surface area contributed by atoms with Crippen molar-refractivity contribution in [2.75, 3.05) is 18.9 Å². The number of nitrogens with two attached hydrogens (primary N) is 1. The normalized spacial score (nSPS) is 9.94. The number of anilines is 1. The van der Waals surface area contributed by atoms with E-state index in [1.807, 2.05) is 38.1 Å². The molecule has 0 amide bonds. The fourth-order valence-electron chi connectivity index (χ4n) is 1.38. The lowest BCUT2D eigenvalue weighted by atomic mass is 10.1. The smallest absolute Gasteiger partial charge is 0.142 e. The van der Waals surface area contributed by atoms with E-state index in [9.17, 15) is 0 Å². The summed E-state index contributed by atoms with van der Waals surface area (Å²) in [5, 5.41) is 8.92. The summed E-state index contributed by atoms with van der Waals surface area (Å²) in [7, 11) is 0. The zero-order chi connectivity index (χ0) is 12.0. The highest BCUT2D eigenvalue weighted by molar-refractivity contribution is 5.51. The van der Waals surface area contributed by atoms with Gasteiger partial charge in [0.25, 0.3) is 0 Å². The zero-order valence-electron chi connectivity index (χ0n) is 9.86. The molecule has 1 aromatic rings. The summed E-state index contributed by atoms with van der Waals surface area (Å²) in [5.74, 6) is 0.694. The van der Waals surface area contributed by atoms with Gasteiger partial charge in [0.2, 0.25) is 0 Å². The van der Waals surface area contributed by atoms with Crippen molar-refractivity contribution in [3.63, 3.8) is 0 Å². The molecule has 0 aliphatic rings. The van der Waals surface area contributed by atoms with Gasteiger partial charge < -0.3 is 15.6 Å². The van der Waals surface area contributed by atoms with Gasteiger partial charge in [0.05, 0.1) is 5.69 Å². The molecule has 0 heterocycles. The van der Waals surface area contributed by atoms with E-state index in [1.54, 1.807) is 0 Å². The summed E-state index contributed by atoms with van der Waals surface area (Å²) in [5.41, 5.74) is 8.71. The molecule has 16 heavy (non-hydrogen) atoms. The minimum absolute atomic E-state index is 0.147. The van der Waals surface area contributed by atoms with Crippen molar-refractivity contribution in [3.05, 3.63) is 35.4 Å². The quantitative estimate of drug-likeness (QED) is 0.593. The molecular weight excluding hydrogens is 202 g/mol. The van der Waals surface area contributed by atoms with Gasteiger partial charge in [-0.05, 0) is 38.0 Å². The van der Waals surface area contributed by atoms with Crippen molar-refractivity contribution in [1.82, 2.24) is 0 Å². The van der Waals surface area contributed by atoms with Crippen molar-refractivity contribution in [1.29, 1.82) is 0 Å². The molecule has 0 aliphatic carbocycles. The first-order valence-corrected chi connectivity index (χ1v) is 5.38. The fraction of sp³-hybridized carbons (Fsp3) is 0.385. The predicted molar refractivity (Wildman–Crippen MR) is 66.4 cm³/mol. The SMILES string of the molecule is CC(C)=C(CCO)COc1ccccc1N. The average molecular weight is 221 g/mol. The number of aliphatic hydroxyl groups is 1. The minimum atomic E-state index is 0.147. The molecule has 0 atom stereocenters. The van der Waals surface area contributed by atoms with Gasteiger partial charge in [0.1, 0.15) is 12.4 Å². The molecule has 0 saturated carbocycles. The molecule has 3 nitrogen and oxygen atoms in total. The maximum absolute atomic E-state index is 8.92.